The van der Waals surface area contributed by atoms with Gasteiger partial charge in [0.15, 0.2) is 0 Å². The number of hydrogen-bond donors (Lipinski definition) is 0. The number of aryl methyl sites for hydroxylation is 3. The van der Waals surface area contributed by atoms with E-state index in [4.69, 9.17) is 4.74 Å². The molecule has 2 rings (SSSR count). The second-order valence-electron chi connectivity index (χ2n) is 4.29. The van der Waals surface area contributed by atoms with Crippen LogP contribution in [0.1, 0.15) is 23.9 Å². The molecule has 96 valence electrons. The highest BCUT2D eigenvalue weighted by atomic mass is 79.9. The van der Waals surface area contributed by atoms with Crippen molar-refractivity contribution in [3.05, 3.63) is 45.7 Å². The summed E-state index contributed by atoms with van der Waals surface area (Å²) in [6, 6.07) is 8.06. The molecule has 0 aliphatic carbocycles. The summed E-state index contributed by atoms with van der Waals surface area (Å²) in [5.74, 6) is 0.890. The maximum Gasteiger partial charge on any atom is 0.131 e. The van der Waals surface area contributed by atoms with Crippen molar-refractivity contribution in [1.29, 1.82) is 0 Å². The zero-order chi connectivity index (χ0) is 13.1. The van der Waals surface area contributed by atoms with E-state index in [2.05, 4.69) is 40.9 Å². The quantitative estimate of drug-likeness (QED) is 0.862. The van der Waals surface area contributed by atoms with Crippen LogP contribution in [-0.4, -0.2) is 9.78 Å². The van der Waals surface area contributed by atoms with Crippen molar-refractivity contribution < 1.29 is 4.74 Å². The van der Waals surface area contributed by atoms with Gasteiger partial charge in [0.25, 0.3) is 0 Å². The first-order chi connectivity index (χ1) is 8.61. The van der Waals surface area contributed by atoms with Crippen LogP contribution in [0.2, 0.25) is 0 Å². The predicted octanol–water partition coefficient (Wildman–Crippen LogP) is 3.63. The van der Waals surface area contributed by atoms with Gasteiger partial charge >= 0.3 is 0 Å². The van der Waals surface area contributed by atoms with Gasteiger partial charge in [-0.25, -0.2) is 0 Å². The third-order valence-electron chi connectivity index (χ3n) is 2.87. The van der Waals surface area contributed by atoms with Gasteiger partial charge in [-0.3, -0.25) is 4.68 Å². The highest BCUT2D eigenvalue weighted by Gasteiger charge is 2.12. The number of ether oxygens (including phenoxy) is 1. The van der Waals surface area contributed by atoms with Crippen LogP contribution in [0.15, 0.2) is 28.7 Å². The summed E-state index contributed by atoms with van der Waals surface area (Å²) in [5.41, 5.74) is 3.33. The predicted molar refractivity (Wildman–Crippen MR) is 75.8 cm³/mol. The van der Waals surface area contributed by atoms with Crippen LogP contribution in [0, 0.1) is 6.92 Å². The molecule has 1 aromatic carbocycles. The molecule has 0 radical (unpaired) electrons. The van der Waals surface area contributed by atoms with Crippen molar-refractivity contribution in [2.24, 2.45) is 7.05 Å². The number of rotatable bonds is 4. The molecule has 0 N–H and O–H groups in total. The zero-order valence-corrected chi connectivity index (χ0v) is 12.5. The van der Waals surface area contributed by atoms with Crippen LogP contribution in [0.4, 0.5) is 0 Å². The van der Waals surface area contributed by atoms with E-state index in [0.717, 1.165) is 28.0 Å². The molecule has 0 amide bonds. The Hall–Kier alpha value is -1.29. The maximum absolute atomic E-state index is 5.80. The van der Waals surface area contributed by atoms with Gasteiger partial charge in [0.2, 0.25) is 0 Å². The Morgan fingerprint density at radius 1 is 1.39 bits per heavy atom. The second-order valence-corrected chi connectivity index (χ2v) is 5.08. The zero-order valence-electron chi connectivity index (χ0n) is 10.9. The molecular weight excluding hydrogens is 292 g/mol. The lowest BCUT2D eigenvalue weighted by Crippen LogP contribution is -2.03. The number of halogens is 1. The monoisotopic (exact) mass is 308 g/mol. The lowest BCUT2D eigenvalue weighted by atomic mass is 10.2. The Labute approximate surface area is 116 Å². The van der Waals surface area contributed by atoms with E-state index in [1.807, 2.05) is 29.9 Å². The van der Waals surface area contributed by atoms with Gasteiger partial charge < -0.3 is 4.74 Å². The Kier molecular flexibility index (Phi) is 4.07. The smallest absolute Gasteiger partial charge is 0.131 e. The third-order valence-corrected chi connectivity index (χ3v) is 3.78. The molecule has 1 aromatic heterocycles. The summed E-state index contributed by atoms with van der Waals surface area (Å²) in [6.45, 7) is 4.67. The van der Waals surface area contributed by atoms with Crippen LogP contribution in [-0.2, 0) is 20.1 Å². The fourth-order valence-corrected chi connectivity index (χ4v) is 2.56. The number of benzene rings is 1. The van der Waals surface area contributed by atoms with Crippen molar-refractivity contribution in [1.82, 2.24) is 9.78 Å². The van der Waals surface area contributed by atoms with Gasteiger partial charge in [-0.1, -0.05) is 19.1 Å². The number of aromatic nitrogens is 2. The minimum atomic E-state index is 0.521. The van der Waals surface area contributed by atoms with E-state index in [0.29, 0.717) is 6.61 Å². The van der Waals surface area contributed by atoms with Crippen LogP contribution in [0.5, 0.6) is 5.75 Å². The largest absolute Gasteiger partial charge is 0.487 e. The van der Waals surface area contributed by atoms with Gasteiger partial charge in [0.05, 0.1) is 15.9 Å². The summed E-state index contributed by atoms with van der Waals surface area (Å²) in [5, 5.41) is 4.45. The van der Waals surface area contributed by atoms with Crippen molar-refractivity contribution in [2.75, 3.05) is 0 Å². The molecule has 0 bridgehead atoms. The molecule has 18 heavy (non-hydrogen) atoms. The van der Waals surface area contributed by atoms with Crippen molar-refractivity contribution in [3.8, 4) is 5.75 Å². The first-order valence-electron chi connectivity index (χ1n) is 6.01. The molecule has 4 heteroatoms. The van der Waals surface area contributed by atoms with E-state index in [9.17, 15) is 0 Å². The van der Waals surface area contributed by atoms with Crippen LogP contribution in [0.3, 0.4) is 0 Å². The summed E-state index contributed by atoms with van der Waals surface area (Å²) < 4.78 is 8.73. The Bertz CT molecular complexity index is 549. The first-order valence-corrected chi connectivity index (χ1v) is 6.80. The summed E-state index contributed by atoms with van der Waals surface area (Å²) >= 11 is 3.59. The van der Waals surface area contributed by atoms with Crippen molar-refractivity contribution in [2.45, 2.75) is 26.9 Å². The molecule has 2 aromatic rings. The van der Waals surface area contributed by atoms with E-state index in [1.54, 1.807) is 0 Å². The fraction of sp³-hybridized carbons (Fsp3) is 0.357. The molecule has 0 atom stereocenters. The summed E-state index contributed by atoms with van der Waals surface area (Å²) in [7, 11) is 1.94. The van der Waals surface area contributed by atoms with Crippen molar-refractivity contribution in [3.63, 3.8) is 0 Å². The van der Waals surface area contributed by atoms with Crippen LogP contribution >= 0.6 is 15.9 Å². The minimum absolute atomic E-state index is 0.521. The van der Waals surface area contributed by atoms with Gasteiger partial charge in [0, 0.05) is 7.05 Å². The average Bonchev–Trinajstić information content (AvgIpc) is 2.62. The minimum Gasteiger partial charge on any atom is -0.487 e. The molecule has 0 aliphatic heterocycles. The van der Waals surface area contributed by atoms with E-state index < -0.39 is 0 Å². The van der Waals surface area contributed by atoms with Crippen molar-refractivity contribution >= 4 is 15.9 Å². The van der Waals surface area contributed by atoms with E-state index in [-0.39, 0.29) is 0 Å². The lowest BCUT2D eigenvalue weighted by Gasteiger charge is -2.07. The van der Waals surface area contributed by atoms with Gasteiger partial charge in [-0.05, 0) is 47.0 Å². The summed E-state index contributed by atoms with van der Waals surface area (Å²) in [4.78, 5) is 0. The molecule has 0 saturated heterocycles. The maximum atomic E-state index is 5.80. The van der Waals surface area contributed by atoms with Gasteiger partial charge in [0.1, 0.15) is 12.4 Å². The molecule has 0 saturated carbocycles. The van der Waals surface area contributed by atoms with E-state index in [1.165, 1.54) is 5.56 Å². The molecule has 0 aliphatic rings. The molecule has 1 heterocycles. The topological polar surface area (TPSA) is 27.1 Å². The Morgan fingerprint density at radius 2 is 2.17 bits per heavy atom. The highest BCUT2D eigenvalue weighted by molar-refractivity contribution is 9.10. The third kappa shape index (κ3) is 2.75. The Morgan fingerprint density at radius 3 is 2.78 bits per heavy atom. The van der Waals surface area contributed by atoms with E-state index >= 15 is 0 Å². The molecular formula is C14H17BrN2O. The standard InChI is InChI=1S/C14H17BrN2O/c1-4-12-14(15)13(17(3)16-12)9-18-11-7-5-6-10(2)8-11/h5-8H,4,9H2,1-3H3. The number of nitrogens with zero attached hydrogens (tertiary/aromatic N) is 2. The fourth-order valence-electron chi connectivity index (χ4n) is 1.83. The Balaban J connectivity index is 2.13. The van der Waals surface area contributed by atoms with Gasteiger partial charge in [-0.15, -0.1) is 0 Å². The number of hydrogen-bond acceptors (Lipinski definition) is 2. The lowest BCUT2D eigenvalue weighted by molar-refractivity contribution is 0.294. The highest BCUT2D eigenvalue weighted by Crippen LogP contribution is 2.23. The van der Waals surface area contributed by atoms with Gasteiger partial charge in [-0.2, -0.15) is 5.10 Å². The molecule has 3 nitrogen and oxygen atoms in total. The SMILES string of the molecule is CCc1nn(C)c(COc2cccc(C)c2)c1Br. The average molecular weight is 309 g/mol. The molecule has 0 spiro atoms. The second kappa shape index (κ2) is 5.57. The molecule has 0 unspecified atom stereocenters. The van der Waals surface area contributed by atoms with Crippen LogP contribution < -0.4 is 4.74 Å². The first kappa shape index (κ1) is 13.1. The normalized spacial score (nSPS) is 10.7. The van der Waals surface area contributed by atoms with Crippen LogP contribution in [0.25, 0.3) is 0 Å². The summed E-state index contributed by atoms with van der Waals surface area (Å²) in [6.07, 6.45) is 0.916. The molecule has 0 fully saturated rings.